The highest BCUT2D eigenvalue weighted by Gasteiger charge is 2.35. The van der Waals surface area contributed by atoms with Crippen LogP contribution in [0.15, 0.2) is 23.3 Å². The van der Waals surface area contributed by atoms with E-state index in [1.807, 2.05) is 39.0 Å². The zero-order valence-corrected chi connectivity index (χ0v) is 11.8. The molecule has 1 unspecified atom stereocenters. The molecule has 0 fully saturated rings. The number of amides is 1. The van der Waals surface area contributed by atoms with E-state index in [1.54, 1.807) is 5.01 Å². The molecule has 0 spiro atoms. The van der Waals surface area contributed by atoms with Crippen molar-refractivity contribution in [2.45, 2.75) is 33.6 Å². The summed E-state index contributed by atoms with van der Waals surface area (Å²) in [5, 5.41) is 6.06. The minimum atomic E-state index is -0.144. The summed E-state index contributed by atoms with van der Waals surface area (Å²) in [6.45, 7) is 6.56. The molecule has 0 aliphatic carbocycles. The van der Waals surface area contributed by atoms with Gasteiger partial charge in [-0.15, -0.1) is 0 Å². The van der Waals surface area contributed by atoms with Gasteiger partial charge in [-0.3, -0.25) is 4.79 Å². The number of rotatable bonds is 4. The topological polar surface area (TPSA) is 58.7 Å². The summed E-state index contributed by atoms with van der Waals surface area (Å²) in [4.78, 5) is 12.5. The SMILES string of the molecule is CCC1=NN(c2cc(C)ccc2C)C(=O)C1CCN. The van der Waals surface area contributed by atoms with E-state index in [-0.39, 0.29) is 11.8 Å². The van der Waals surface area contributed by atoms with Gasteiger partial charge in [0.15, 0.2) is 0 Å². The zero-order chi connectivity index (χ0) is 14.0. The molecule has 1 heterocycles. The van der Waals surface area contributed by atoms with Crippen molar-refractivity contribution in [3.63, 3.8) is 0 Å². The molecule has 2 N–H and O–H groups in total. The molecular weight excluding hydrogens is 238 g/mol. The molecule has 1 aromatic carbocycles. The first-order valence-corrected chi connectivity index (χ1v) is 6.77. The summed E-state index contributed by atoms with van der Waals surface area (Å²) >= 11 is 0. The highest BCUT2D eigenvalue weighted by Crippen LogP contribution is 2.29. The Balaban J connectivity index is 2.38. The molecular formula is C15H21N3O. The molecule has 4 nitrogen and oxygen atoms in total. The van der Waals surface area contributed by atoms with Crippen LogP contribution in [-0.4, -0.2) is 18.2 Å². The van der Waals surface area contributed by atoms with Crippen LogP contribution >= 0.6 is 0 Å². The third kappa shape index (κ3) is 2.54. The van der Waals surface area contributed by atoms with Crippen LogP contribution < -0.4 is 10.7 Å². The Morgan fingerprint density at radius 1 is 1.37 bits per heavy atom. The summed E-state index contributed by atoms with van der Waals surface area (Å²) in [5.74, 6) is -0.0917. The van der Waals surface area contributed by atoms with Crippen molar-refractivity contribution in [2.24, 2.45) is 16.8 Å². The lowest BCUT2D eigenvalue weighted by atomic mass is 9.97. The largest absolute Gasteiger partial charge is 0.330 e. The molecule has 1 aromatic rings. The Hall–Kier alpha value is -1.68. The minimum absolute atomic E-state index is 0.0519. The number of carbonyl (C=O) groups excluding carboxylic acids is 1. The Kier molecular flexibility index (Phi) is 4.00. The van der Waals surface area contributed by atoms with Crippen LogP contribution in [0.4, 0.5) is 5.69 Å². The van der Waals surface area contributed by atoms with Gasteiger partial charge in [0.25, 0.3) is 5.91 Å². The summed E-state index contributed by atoms with van der Waals surface area (Å²) in [6.07, 6.45) is 1.46. The number of benzene rings is 1. The molecule has 102 valence electrons. The van der Waals surface area contributed by atoms with Crippen LogP contribution in [-0.2, 0) is 4.79 Å². The third-order valence-electron chi connectivity index (χ3n) is 3.55. The Labute approximate surface area is 114 Å². The van der Waals surface area contributed by atoms with Gasteiger partial charge in [0.1, 0.15) is 0 Å². The number of nitrogens with two attached hydrogens (primary N) is 1. The number of anilines is 1. The number of aryl methyl sites for hydroxylation is 2. The van der Waals surface area contributed by atoms with E-state index in [1.165, 1.54) is 0 Å². The molecule has 1 atom stereocenters. The summed E-state index contributed by atoms with van der Waals surface area (Å²) in [5.41, 5.74) is 9.62. The fourth-order valence-corrected chi connectivity index (χ4v) is 2.43. The second kappa shape index (κ2) is 5.53. The van der Waals surface area contributed by atoms with Gasteiger partial charge in [-0.2, -0.15) is 10.1 Å². The van der Waals surface area contributed by atoms with Crippen molar-refractivity contribution >= 4 is 17.3 Å². The van der Waals surface area contributed by atoms with Crippen molar-refractivity contribution in [3.8, 4) is 0 Å². The van der Waals surface area contributed by atoms with Gasteiger partial charge >= 0.3 is 0 Å². The first-order valence-electron chi connectivity index (χ1n) is 6.77. The molecule has 0 bridgehead atoms. The monoisotopic (exact) mass is 259 g/mol. The van der Waals surface area contributed by atoms with Gasteiger partial charge in [0.2, 0.25) is 0 Å². The zero-order valence-electron chi connectivity index (χ0n) is 11.8. The smallest absolute Gasteiger partial charge is 0.256 e. The average molecular weight is 259 g/mol. The molecule has 19 heavy (non-hydrogen) atoms. The normalized spacial score (nSPS) is 18.9. The van der Waals surface area contributed by atoms with E-state index in [2.05, 4.69) is 5.10 Å². The van der Waals surface area contributed by atoms with Crippen molar-refractivity contribution in [2.75, 3.05) is 11.6 Å². The number of hydrogen-bond acceptors (Lipinski definition) is 3. The Morgan fingerprint density at radius 3 is 2.74 bits per heavy atom. The van der Waals surface area contributed by atoms with E-state index in [4.69, 9.17) is 5.73 Å². The van der Waals surface area contributed by atoms with Crippen molar-refractivity contribution in [3.05, 3.63) is 29.3 Å². The standard InChI is InChI=1S/C15H21N3O/c1-4-13-12(7-8-16)15(19)18(17-13)14-9-10(2)5-6-11(14)3/h5-6,9,12H,4,7-8,16H2,1-3H3. The molecule has 2 rings (SSSR count). The maximum atomic E-state index is 12.5. The van der Waals surface area contributed by atoms with Crippen LogP contribution in [0.5, 0.6) is 0 Å². The first kappa shape index (κ1) is 13.7. The fraction of sp³-hybridized carbons (Fsp3) is 0.467. The van der Waals surface area contributed by atoms with E-state index in [9.17, 15) is 4.79 Å². The van der Waals surface area contributed by atoms with E-state index in [0.29, 0.717) is 13.0 Å². The second-order valence-corrected chi connectivity index (χ2v) is 5.01. The highest BCUT2D eigenvalue weighted by molar-refractivity contribution is 6.15. The molecule has 1 amide bonds. The summed E-state index contributed by atoms with van der Waals surface area (Å²) in [6, 6.07) is 6.07. The van der Waals surface area contributed by atoms with Gasteiger partial charge in [0.05, 0.1) is 17.3 Å². The Morgan fingerprint density at radius 2 is 2.11 bits per heavy atom. The summed E-state index contributed by atoms with van der Waals surface area (Å²) in [7, 11) is 0. The second-order valence-electron chi connectivity index (χ2n) is 5.01. The highest BCUT2D eigenvalue weighted by atomic mass is 16.2. The third-order valence-corrected chi connectivity index (χ3v) is 3.55. The Bertz CT molecular complexity index is 522. The van der Waals surface area contributed by atoms with E-state index in [0.717, 1.165) is 28.9 Å². The molecule has 0 radical (unpaired) electrons. The predicted molar refractivity (Wildman–Crippen MR) is 78.3 cm³/mol. The van der Waals surface area contributed by atoms with Crippen molar-refractivity contribution in [1.29, 1.82) is 0 Å². The molecule has 0 saturated heterocycles. The minimum Gasteiger partial charge on any atom is -0.330 e. The van der Waals surface area contributed by atoms with E-state index < -0.39 is 0 Å². The first-order chi connectivity index (χ1) is 9.08. The molecule has 1 aliphatic heterocycles. The van der Waals surface area contributed by atoms with Crippen LogP contribution in [0.2, 0.25) is 0 Å². The van der Waals surface area contributed by atoms with Crippen molar-refractivity contribution < 1.29 is 4.79 Å². The maximum Gasteiger partial charge on any atom is 0.256 e. The lowest BCUT2D eigenvalue weighted by Gasteiger charge is -2.17. The number of nitrogens with zero attached hydrogens (tertiary/aromatic N) is 2. The van der Waals surface area contributed by atoms with Crippen LogP contribution in [0.25, 0.3) is 0 Å². The van der Waals surface area contributed by atoms with Crippen molar-refractivity contribution in [1.82, 2.24) is 0 Å². The van der Waals surface area contributed by atoms with Gasteiger partial charge < -0.3 is 5.73 Å². The molecule has 1 aliphatic rings. The number of hydrogen-bond donors (Lipinski definition) is 1. The lowest BCUT2D eigenvalue weighted by Crippen LogP contribution is -2.29. The number of hydrazone groups is 1. The molecule has 4 heteroatoms. The van der Waals surface area contributed by atoms with Gasteiger partial charge in [-0.05, 0) is 50.4 Å². The summed E-state index contributed by atoms with van der Waals surface area (Å²) < 4.78 is 0. The van der Waals surface area contributed by atoms with Crippen LogP contribution in [0, 0.1) is 19.8 Å². The van der Waals surface area contributed by atoms with Gasteiger partial charge in [0, 0.05) is 0 Å². The predicted octanol–water partition coefficient (Wildman–Crippen LogP) is 2.38. The van der Waals surface area contributed by atoms with Crippen LogP contribution in [0.3, 0.4) is 0 Å². The molecule has 0 saturated carbocycles. The average Bonchev–Trinajstić information content (AvgIpc) is 2.70. The lowest BCUT2D eigenvalue weighted by molar-refractivity contribution is -0.119. The van der Waals surface area contributed by atoms with Gasteiger partial charge in [-0.1, -0.05) is 19.1 Å². The van der Waals surface area contributed by atoms with Crippen LogP contribution in [0.1, 0.15) is 30.9 Å². The fourth-order valence-electron chi connectivity index (χ4n) is 2.43. The van der Waals surface area contributed by atoms with Gasteiger partial charge in [-0.25, -0.2) is 0 Å². The number of carbonyl (C=O) groups is 1. The quantitative estimate of drug-likeness (QED) is 0.902. The maximum absolute atomic E-state index is 12.5. The van der Waals surface area contributed by atoms with E-state index >= 15 is 0 Å². The molecule has 0 aromatic heterocycles.